The zero-order valence-corrected chi connectivity index (χ0v) is 18.3. The van der Waals surface area contributed by atoms with Crippen LogP contribution in [0, 0.1) is 5.82 Å². The van der Waals surface area contributed by atoms with E-state index >= 15 is 4.39 Å². The summed E-state index contributed by atoms with van der Waals surface area (Å²) in [6.07, 6.45) is 4.31. The Labute approximate surface area is 188 Å². The minimum Gasteiger partial charge on any atom is -0.420 e. The van der Waals surface area contributed by atoms with Gasteiger partial charge in [0.25, 0.3) is 10.2 Å². The van der Waals surface area contributed by atoms with Crippen LogP contribution >= 0.6 is 0 Å². The Balaban J connectivity index is 1.83. The molecule has 1 aromatic carbocycles. The van der Waals surface area contributed by atoms with Crippen molar-refractivity contribution in [2.24, 2.45) is 0 Å². The van der Waals surface area contributed by atoms with E-state index in [-0.39, 0.29) is 17.7 Å². The van der Waals surface area contributed by atoms with Gasteiger partial charge in [0.2, 0.25) is 5.78 Å². The van der Waals surface area contributed by atoms with Gasteiger partial charge < -0.3 is 4.74 Å². The highest BCUT2D eigenvalue weighted by Crippen LogP contribution is 2.39. The third-order valence-corrected chi connectivity index (χ3v) is 6.13. The number of nitrogens with zero attached hydrogens (tertiary/aromatic N) is 3. The van der Waals surface area contributed by atoms with Gasteiger partial charge in [-0.25, -0.2) is 28.9 Å². The third-order valence-electron chi connectivity index (χ3n) is 5.13. The molecule has 0 spiro atoms. The Morgan fingerprint density at radius 1 is 1.09 bits per heavy atom. The Kier molecular flexibility index (Phi) is 5.87. The lowest BCUT2D eigenvalue weighted by Crippen LogP contribution is -2.31. The molecule has 10 nitrogen and oxygen atoms in total. The number of pyridine rings is 1. The number of fused-ring (bicyclic) bond motifs is 1. The highest BCUT2D eigenvalue weighted by Gasteiger charge is 2.35. The fourth-order valence-corrected chi connectivity index (χ4v) is 4.02. The number of nitrogens with one attached hydrogen (secondary N) is 2. The summed E-state index contributed by atoms with van der Waals surface area (Å²) in [5.74, 6) is -3.35. The predicted molar refractivity (Wildman–Crippen MR) is 115 cm³/mol. The molecule has 4 rings (SSSR count). The van der Waals surface area contributed by atoms with Crippen LogP contribution < -0.4 is 14.2 Å². The molecule has 1 unspecified atom stereocenters. The molecular formula is C21H18FN5O5S. The molecule has 0 amide bonds. The van der Waals surface area contributed by atoms with Crippen molar-refractivity contribution in [3.63, 3.8) is 0 Å². The Morgan fingerprint density at radius 2 is 1.82 bits per heavy atom. The van der Waals surface area contributed by atoms with Gasteiger partial charge in [-0.1, -0.05) is 6.92 Å². The number of ketones is 1. The van der Waals surface area contributed by atoms with E-state index in [1.54, 1.807) is 37.5 Å². The van der Waals surface area contributed by atoms with E-state index in [0.717, 1.165) is 0 Å². The highest BCUT2D eigenvalue weighted by molar-refractivity contribution is 7.90. The summed E-state index contributed by atoms with van der Waals surface area (Å²) < 4.78 is 47.9. The molecule has 1 atom stereocenters. The van der Waals surface area contributed by atoms with E-state index in [1.165, 1.54) is 19.3 Å². The van der Waals surface area contributed by atoms with Gasteiger partial charge in [0, 0.05) is 43.2 Å². The van der Waals surface area contributed by atoms with Gasteiger partial charge in [-0.05, 0) is 35.4 Å². The summed E-state index contributed by atoms with van der Waals surface area (Å²) in [6.45, 7) is 1.57. The number of hydrogen-bond donors (Lipinski definition) is 2. The molecule has 0 bridgehead atoms. The van der Waals surface area contributed by atoms with Crippen molar-refractivity contribution < 1.29 is 27.1 Å². The number of carbonyl (C=O) groups is 2. The van der Waals surface area contributed by atoms with E-state index in [9.17, 15) is 18.0 Å². The van der Waals surface area contributed by atoms with Crippen LogP contribution in [-0.4, -0.2) is 42.2 Å². The summed E-state index contributed by atoms with van der Waals surface area (Å²) in [6, 6.07) is 6.29. The van der Waals surface area contributed by atoms with Gasteiger partial charge in [-0.3, -0.25) is 9.52 Å². The molecule has 12 heteroatoms. The number of carbonyl (C=O) groups excluding carboxylic acids is 2. The smallest absolute Gasteiger partial charge is 0.380 e. The quantitative estimate of drug-likeness (QED) is 0.315. The van der Waals surface area contributed by atoms with Gasteiger partial charge in [-0.2, -0.15) is 8.42 Å². The van der Waals surface area contributed by atoms with E-state index in [1.807, 2.05) is 9.44 Å². The third kappa shape index (κ3) is 4.43. The fraction of sp³-hybridized carbons (Fsp3) is 0.190. The summed E-state index contributed by atoms with van der Waals surface area (Å²) >= 11 is 0. The van der Waals surface area contributed by atoms with E-state index in [0.29, 0.717) is 22.5 Å². The zero-order valence-electron chi connectivity index (χ0n) is 17.5. The van der Waals surface area contributed by atoms with Crippen molar-refractivity contribution in [3.05, 3.63) is 65.4 Å². The first-order valence-corrected chi connectivity index (χ1v) is 11.2. The summed E-state index contributed by atoms with van der Waals surface area (Å²) in [7, 11) is -2.81. The number of benzene rings is 1. The molecule has 0 fully saturated rings. The van der Waals surface area contributed by atoms with Crippen molar-refractivity contribution in [2.45, 2.75) is 19.3 Å². The van der Waals surface area contributed by atoms with Gasteiger partial charge in [0.1, 0.15) is 5.75 Å². The number of Topliss-reactive ketones (excluding diaryl/α,β-unsaturated/α-hetero) is 1. The molecule has 170 valence electrons. The second kappa shape index (κ2) is 8.64. The Hall–Kier alpha value is -3.77. The van der Waals surface area contributed by atoms with Crippen molar-refractivity contribution in [2.75, 3.05) is 11.8 Å². The first kappa shape index (κ1) is 22.4. The number of halogens is 1. The van der Waals surface area contributed by atoms with Crippen LogP contribution in [0.1, 0.15) is 29.5 Å². The number of rotatable bonds is 6. The molecule has 33 heavy (non-hydrogen) atoms. The number of hydrogen-bond acceptors (Lipinski definition) is 8. The largest absolute Gasteiger partial charge is 0.420 e. The van der Waals surface area contributed by atoms with Crippen LogP contribution in [0.2, 0.25) is 0 Å². The Morgan fingerprint density at radius 3 is 2.52 bits per heavy atom. The van der Waals surface area contributed by atoms with Crippen molar-refractivity contribution in [1.82, 2.24) is 19.7 Å². The van der Waals surface area contributed by atoms with Crippen LogP contribution in [0.25, 0.3) is 11.4 Å². The second-order valence-corrected chi connectivity index (χ2v) is 8.83. The van der Waals surface area contributed by atoms with Crippen molar-refractivity contribution in [1.29, 1.82) is 0 Å². The number of aromatic nitrogens is 3. The zero-order chi connectivity index (χ0) is 23.8. The first-order chi connectivity index (χ1) is 15.7. The van der Waals surface area contributed by atoms with E-state index in [2.05, 4.69) is 15.0 Å². The van der Waals surface area contributed by atoms with Crippen molar-refractivity contribution >= 4 is 27.8 Å². The van der Waals surface area contributed by atoms with E-state index in [4.69, 9.17) is 4.74 Å². The molecule has 3 aromatic rings. The minimum absolute atomic E-state index is 0.0409. The highest BCUT2D eigenvalue weighted by atomic mass is 32.2. The van der Waals surface area contributed by atoms with Crippen LogP contribution in [0.4, 0.5) is 10.2 Å². The number of esters is 1. The van der Waals surface area contributed by atoms with Gasteiger partial charge in [0.15, 0.2) is 17.5 Å². The summed E-state index contributed by atoms with van der Waals surface area (Å²) in [5.41, 5.74) is 1.55. The minimum atomic E-state index is -3.99. The monoisotopic (exact) mass is 471 g/mol. The molecule has 1 aliphatic heterocycles. The molecule has 2 N–H and O–H groups in total. The average Bonchev–Trinajstić information content (AvgIpc) is 2.80. The molecule has 0 radical (unpaired) electrons. The van der Waals surface area contributed by atoms with Gasteiger partial charge >= 0.3 is 5.97 Å². The summed E-state index contributed by atoms with van der Waals surface area (Å²) in [5, 5.41) is 0. The van der Waals surface area contributed by atoms with Gasteiger partial charge in [0.05, 0.1) is 5.92 Å². The lowest BCUT2D eigenvalue weighted by atomic mass is 9.86. The fourth-order valence-electron chi connectivity index (χ4n) is 3.52. The lowest BCUT2D eigenvalue weighted by Gasteiger charge is -2.24. The molecule has 0 aliphatic carbocycles. The van der Waals surface area contributed by atoms with E-state index < -0.39 is 39.5 Å². The maximum atomic E-state index is 15.1. The molecule has 0 saturated carbocycles. The number of ether oxygens (including phenoxy) is 1. The first-order valence-electron chi connectivity index (χ1n) is 9.75. The Bertz CT molecular complexity index is 1360. The SMILES string of the molecule is CNS(=O)(=O)Nc1nccc(Cc2cc(-c3ncccn3)cc3c2C(C)C(=O)C(=O)O3)c1F. The lowest BCUT2D eigenvalue weighted by molar-refractivity contribution is -0.148. The predicted octanol–water partition coefficient (Wildman–Crippen LogP) is 1.74. The molecule has 3 heterocycles. The normalized spacial score (nSPS) is 15.7. The molecule has 2 aromatic heterocycles. The molecular weight excluding hydrogens is 453 g/mol. The summed E-state index contributed by atoms with van der Waals surface area (Å²) in [4.78, 5) is 36.4. The van der Waals surface area contributed by atoms with Crippen LogP contribution in [0.15, 0.2) is 42.9 Å². The van der Waals surface area contributed by atoms with Crippen molar-refractivity contribution in [3.8, 4) is 17.1 Å². The average molecular weight is 471 g/mol. The van der Waals surface area contributed by atoms with Crippen LogP contribution in [0.5, 0.6) is 5.75 Å². The molecule has 1 aliphatic rings. The molecule has 0 saturated heterocycles. The maximum Gasteiger partial charge on any atom is 0.380 e. The standard InChI is InChI=1S/C21H18FN5O5S/c1-11-16-13(8-12-4-7-26-20(17(12)22)27-33(30,31)23-2)9-14(19-24-5-3-6-25-19)10-15(16)32-21(29)18(11)28/h3-7,9-11,23H,8H2,1-2H3,(H,26,27). The van der Waals surface area contributed by atoms with Crippen LogP contribution in [0.3, 0.4) is 0 Å². The van der Waals surface area contributed by atoms with Gasteiger partial charge in [-0.15, -0.1) is 0 Å². The maximum absolute atomic E-state index is 15.1. The second-order valence-electron chi connectivity index (χ2n) is 7.21. The van der Waals surface area contributed by atoms with Crippen LogP contribution in [-0.2, 0) is 26.2 Å². The topological polar surface area (TPSA) is 140 Å². The number of anilines is 1.